The molecule has 0 aliphatic carbocycles. The van der Waals surface area contributed by atoms with Gasteiger partial charge in [0.1, 0.15) is 5.82 Å². The van der Waals surface area contributed by atoms with E-state index in [2.05, 4.69) is 26.0 Å². The molecule has 24 heavy (non-hydrogen) atoms. The number of hydrogen-bond donors (Lipinski definition) is 1. The first-order chi connectivity index (χ1) is 11.6. The number of ether oxygens (including phenoxy) is 1. The molecule has 0 bridgehead atoms. The first-order valence-corrected chi connectivity index (χ1v) is 8.12. The van der Waals surface area contributed by atoms with E-state index in [-0.39, 0.29) is 5.97 Å². The first kappa shape index (κ1) is 16.2. The molecule has 7 heteroatoms. The Kier molecular flexibility index (Phi) is 4.61. The van der Waals surface area contributed by atoms with Crippen molar-refractivity contribution in [2.24, 2.45) is 0 Å². The molecule has 2 heterocycles. The number of rotatable bonds is 4. The normalized spacial score (nSPS) is 10.6. The minimum atomic E-state index is -0.359. The molecule has 0 unspecified atom stereocenters. The summed E-state index contributed by atoms with van der Waals surface area (Å²) in [6.07, 6.45) is 3.34. The molecular weight excluding hydrogens is 372 g/mol. The largest absolute Gasteiger partial charge is 0.462 e. The molecule has 3 rings (SSSR count). The van der Waals surface area contributed by atoms with Gasteiger partial charge in [-0.25, -0.2) is 14.5 Å². The van der Waals surface area contributed by atoms with Gasteiger partial charge in [0.2, 0.25) is 0 Å². The van der Waals surface area contributed by atoms with Gasteiger partial charge in [-0.2, -0.15) is 5.10 Å². The Morgan fingerprint density at radius 2 is 2.17 bits per heavy atom. The lowest BCUT2D eigenvalue weighted by molar-refractivity contribution is 0.0526. The van der Waals surface area contributed by atoms with Crippen LogP contribution in [0.2, 0.25) is 0 Å². The lowest BCUT2D eigenvalue weighted by atomic mass is 10.1. The third-order valence-electron chi connectivity index (χ3n) is 3.40. The number of aromatic nitrogens is 3. The van der Waals surface area contributed by atoms with Crippen LogP contribution in [-0.2, 0) is 4.74 Å². The van der Waals surface area contributed by atoms with Crippen molar-refractivity contribution in [3.8, 4) is 16.9 Å². The van der Waals surface area contributed by atoms with Crippen LogP contribution >= 0.6 is 15.9 Å². The second-order valence-corrected chi connectivity index (χ2v) is 5.84. The molecule has 122 valence electrons. The highest BCUT2D eigenvalue weighted by Gasteiger charge is 2.13. The average molecular weight is 387 g/mol. The van der Waals surface area contributed by atoms with Crippen molar-refractivity contribution in [2.45, 2.75) is 6.92 Å². The summed E-state index contributed by atoms with van der Waals surface area (Å²) in [4.78, 5) is 16.0. The Morgan fingerprint density at radius 1 is 1.33 bits per heavy atom. The van der Waals surface area contributed by atoms with Gasteiger partial charge in [0.05, 0.1) is 29.7 Å². The Balaban J connectivity index is 2.06. The van der Waals surface area contributed by atoms with Crippen molar-refractivity contribution in [3.05, 3.63) is 58.8 Å². The minimum Gasteiger partial charge on any atom is -0.462 e. The van der Waals surface area contributed by atoms with Gasteiger partial charge < -0.3 is 10.5 Å². The molecule has 0 saturated heterocycles. The molecule has 0 radical (unpaired) electrons. The van der Waals surface area contributed by atoms with E-state index >= 15 is 0 Å². The summed E-state index contributed by atoms with van der Waals surface area (Å²) in [5, 5.41) is 4.36. The quantitative estimate of drug-likeness (QED) is 0.694. The molecule has 0 aliphatic rings. The van der Waals surface area contributed by atoms with E-state index in [9.17, 15) is 4.79 Å². The van der Waals surface area contributed by atoms with Crippen LogP contribution in [-0.4, -0.2) is 27.3 Å². The van der Waals surface area contributed by atoms with E-state index in [1.807, 2.05) is 12.1 Å². The van der Waals surface area contributed by atoms with E-state index in [4.69, 9.17) is 10.5 Å². The van der Waals surface area contributed by atoms with Crippen LogP contribution in [0.1, 0.15) is 17.3 Å². The summed E-state index contributed by atoms with van der Waals surface area (Å²) >= 11 is 3.48. The lowest BCUT2D eigenvalue weighted by Crippen LogP contribution is -2.06. The molecule has 0 aliphatic heterocycles. The monoisotopic (exact) mass is 386 g/mol. The highest BCUT2D eigenvalue weighted by molar-refractivity contribution is 9.10. The van der Waals surface area contributed by atoms with Crippen LogP contribution in [0.5, 0.6) is 0 Å². The summed E-state index contributed by atoms with van der Waals surface area (Å²) < 4.78 is 7.59. The van der Waals surface area contributed by atoms with Crippen molar-refractivity contribution in [2.75, 3.05) is 12.3 Å². The number of nitrogens with zero attached hydrogens (tertiary/aromatic N) is 3. The number of hydrogen-bond acceptors (Lipinski definition) is 5. The van der Waals surface area contributed by atoms with E-state index in [1.54, 1.807) is 48.3 Å². The second kappa shape index (κ2) is 6.84. The number of carbonyl (C=O) groups is 1. The van der Waals surface area contributed by atoms with Crippen molar-refractivity contribution in [1.82, 2.24) is 14.8 Å². The Morgan fingerprint density at radius 3 is 2.96 bits per heavy atom. The van der Waals surface area contributed by atoms with Crippen molar-refractivity contribution >= 4 is 27.7 Å². The average Bonchev–Trinajstić information content (AvgIpc) is 3.07. The maximum Gasteiger partial charge on any atom is 0.338 e. The van der Waals surface area contributed by atoms with Gasteiger partial charge in [-0.3, -0.25) is 0 Å². The SMILES string of the molecule is CCOC(=O)c1cccc(-n2nccc2-c2cc(N)ncc2Br)c1. The topological polar surface area (TPSA) is 83.0 Å². The number of pyridine rings is 1. The molecule has 0 amide bonds. The van der Waals surface area contributed by atoms with Gasteiger partial charge in [0.25, 0.3) is 0 Å². The van der Waals surface area contributed by atoms with Crippen LogP contribution in [0.25, 0.3) is 16.9 Å². The second-order valence-electron chi connectivity index (χ2n) is 4.99. The summed E-state index contributed by atoms with van der Waals surface area (Å²) in [6, 6.07) is 10.8. The third kappa shape index (κ3) is 3.16. The van der Waals surface area contributed by atoms with E-state index in [0.29, 0.717) is 18.0 Å². The molecule has 6 nitrogen and oxygen atoms in total. The number of nitrogen functional groups attached to an aromatic ring is 1. The van der Waals surface area contributed by atoms with Gasteiger partial charge in [0.15, 0.2) is 0 Å². The number of carbonyl (C=O) groups excluding carboxylic acids is 1. The molecular formula is C17H15BrN4O2. The fourth-order valence-electron chi connectivity index (χ4n) is 2.34. The van der Waals surface area contributed by atoms with Crippen molar-refractivity contribution in [3.63, 3.8) is 0 Å². The van der Waals surface area contributed by atoms with Crippen LogP contribution in [0.15, 0.2) is 53.3 Å². The fraction of sp³-hybridized carbons (Fsp3) is 0.118. The maximum atomic E-state index is 11.9. The van der Waals surface area contributed by atoms with Gasteiger partial charge >= 0.3 is 5.97 Å². The maximum absolute atomic E-state index is 11.9. The zero-order valence-corrected chi connectivity index (χ0v) is 14.5. The van der Waals surface area contributed by atoms with E-state index in [0.717, 1.165) is 21.4 Å². The number of esters is 1. The fourth-order valence-corrected chi connectivity index (χ4v) is 2.76. The zero-order valence-electron chi connectivity index (χ0n) is 12.9. The first-order valence-electron chi connectivity index (χ1n) is 7.33. The summed E-state index contributed by atoms with van der Waals surface area (Å²) in [6.45, 7) is 2.11. The number of halogens is 1. The summed E-state index contributed by atoms with van der Waals surface area (Å²) in [7, 11) is 0. The molecule has 2 aromatic heterocycles. The van der Waals surface area contributed by atoms with Crippen LogP contribution in [0.3, 0.4) is 0 Å². The van der Waals surface area contributed by atoms with Gasteiger partial charge in [-0.1, -0.05) is 6.07 Å². The number of benzene rings is 1. The molecule has 1 aromatic carbocycles. The highest BCUT2D eigenvalue weighted by atomic mass is 79.9. The predicted molar refractivity (Wildman–Crippen MR) is 94.9 cm³/mol. The molecule has 0 atom stereocenters. The molecule has 2 N–H and O–H groups in total. The van der Waals surface area contributed by atoms with Crippen molar-refractivity contribution in [1.29, 1.82) is 0 Å². The lowest BCUT2D eigenvalue weighted by Gasteiger charge is -2.11. The smallest absolute Gasteiger partial charge is 0.338 e. The zero-order chi connectivity index (χ0) is 17.1. The van der Waals surface area contributed by atoms with Gasteiger partial charge in [-0.15, -0.1) is 0 Å². The highest BCUT2D eigenvalue weighted by Crippen LogP contribution is 2.30. The molecule has 0 spiro atoms. The molecule has 3 aromatic rings. The molecule has 0 saturated carbocycles. The van der Waals surface area contributed by atoms with Crippen molar-refractivity contribution < 1.29 is 9.53 Å². The van der Waals surface area contributed by atoms with E-state index < -0.39 is 0 Å². The summed E-state index contributed by atoms with van der Waals surface area (Å²) in [5.74, 6) is 0.0589. The molecule has 0 fully saturated rings. The third-order valence-corrected chi connectivity index (χ3v) is 4.03. The number of anilines is 1. The summed E-state index contributed by atoms with van der Waals surface area (Å²) in [5.41, 5.74) is 8.72. The van der Waals surface area contributed by atoms with Gasteiger partial charge in [-0.05, 0) is 53.2 Å². The Bertz CT molecular complexity index is 892. The van der Waals surface area contributed by atoms with E-state index in [1.165, 1.54) is 0 Å². The van der Waals surface area contributed by atoms with Crippen LogP contribution in [0, 0.1) is 0 Å². The standard InChI is InChI=1S/C17H15BrN4O2/c1-2-24-17(23)11-4-3-5-12(8-11)22-15(6-7-21-22)13-9-16(19)20-10-14(13)18/h3-10H,2H2,1H3,(H2,19,20). The van der Waals surface area contributed by atoms with Crippen LogP contribution in [0.4, 0.5) is 5.82 Å². The predicted octanol–water partition coefficient (Wildman–Crippen LogP) is 3.46. The minimum absolute atomic E-state index is 0.333. The van der Waals surface area contributed by atoms with Crippen LogP contribution < -0.4 is 5.73 Å². The Labute approximate surface area is 147 Å². The number of nitrogens with two attached hydrogens (primary N) is 1. The Hall–Kier alpha value is -2.67. The van der Waals surface area contributed by atoms with Gasteiger partial charge in [0, 0.05) is 16.2 Å².